The summed E-state index contributed by atoms with van der Waals surface area (Å²) in [5.41, 5.74) is 9.33. The maximum atomic E-state index is 5.79. The van der Waals surface area contributed by atoms with Crippen LogP contribution in [-0.2, 0) is 0 Å². The minimum atomic E-state index is 0.866. The first-order valence-corrected chi connectivity index (χ1v) is 6.31. The maximum Gasteiger partial charge on any atom is 0.0397 e. The number of benzene rings is 1. The Morgan fingerprint density at radius 2 is 2.25 bits per heavy atom. The number of rotatable bonds is 2. The van der Waals surface area contributed by atoms with Gasteiger partial charge in [0.05, 0.1) is 0 Å². The molecule has 0 amide bonds. The van der Waals surface area contributed by atoms with Crippen molar-refractivity contribution in [3.63, 3.8) is 0 Å². The summed E-state index contributed by atoms with van der Waals surface area (Å²) in [6.45, 7) is 6.85. The van der Waals surface area contributed by atoms with Crippen LogP contribution in [0.2, 0.25) is 0 Å². The molecular formula is C14H22N2. The van der Waals surface area contributed by atoms with Crippen LogP contribution in [-0.4, -0.2) is 13.1 Å². The van der Waals surface area contributed by atoms with Gasteiger partial charge < -0.3 is 10.6 Å². The Hall–Kier alpha value is -1.18. The highest BCUT2D eigenvalue weighted by Gasteiger charge is 2.19. The van der Waals surface area contributed by atoms with Crippen LogP contribution < -0.4 is 10.6 Å². The van der Waals surface area contributed by atoms with Gasteiger partial charge in [-0.2, -0.15) is 0 Å². The third kappa shape index (κ3) is 2.31. The molecule has 1 unspecified atom stereocenters. The molecule has 88 valence electrons. The van der Waals surface area contributed by atoms with E-state index in [0.29, 0.717) is 0 Å². The minimum Gasteiger partial charge on any atom is -0.399 e. The van der Waals surface area contributed by atoms with Crippen LogP contribution in [0, 0.1) is 12.8 Å². The fraction of sp³-hybridized carbons (Fsp3) is 0.571. The second-order valence-corrected chi connectivity index (χ2v) is 4.91. The van der Waals surface area contributed by atoms with Crippen LogP contribution in [0.1, 0.15) is 31.7 Å². The lowest BCUT2D eigenvalue weighted by Crippen LogP contribution is -2.35. The summed E-state index contributed by atoms with van der Waals surface area (Å²) < 4.78 is 0. The van der Waals surface area contributed by atoms with Crippen molar-refractivity contribution in [3.05, 3.63) is 23.8 Å². The predicted molar refractivity (Wildman–Crippen MR) is 70.8 cm³/mol. The van der Waals surface area contributed by atoms with Gasteiger partial charge in [-0.05, 0) is 49.4 Å². The first-order valence-electron chi connectivity index (χ1n) is 6.31. The van der Waals surface area contributed by atoms with Crippen molar-refractivity contribution in [2.75, 3.05) is 23.7 Å². The summed E-state index contributed by atoms with van der Waals surface area (Å²) in [4.78, 5) is 2.52. The molecule has 16 heavy (non-hydrogen) atoms. The summed E-state index contributed by atoms with van der Waals surface area (Å²) in [5.74, 6) is 0.866. The predicted octanol–water partition coefficient (Wildman–Crippen LogP) is 3.20. The Bertz CT molecular complexity index is 360. The highest BCUT2D eigenvalue weighted by molar-refractivity contribution is 5.59. The molecular weight excluding hydrogens is 196 g/mol. The normalized spacial score (nSPS) is 21.1. The molecule has 2 N–H and O–H groups in total. The number of hydrogen-bond donors (Lipinski definition) is 1. The van der Waals surface area contributed by atoms with Crippen LogP contribution in [0.4, 0.5) is 11.4 Å². The van der Waals surface area contributed by atoms with Crippen molar-refractivity contribution in [1.82, 2.24) is 0 Å². The Morgan fingerprint density at radius 1 is 1.44 bits per heavy atom. The molecule has 0 spiro atoms. The molecule has 0 aromatic heterocycles. The zero-order chi connectivity index (χ0) is 11.5. The van der Waals surface area contributed by atoms with Crippen molar-refractivity contribution in [1.29, 1.82) is 0 Å². The van der Waals surface area contributed by atoms with E-state index in [2.05, 4.69) is 30.9 Å². The Labute approximate surface area is 98.4 Å². The van der Waals surface area contributed by atoms with Gasteiger partial charge in [-0.1, -0.05) is 13.3 Å². The monoisotopic (exact) mass is 218 g/mol. The molecule has 1 saturated heterocycles. The van der Waals surface area contributed by atoms with Gasteiger partial charge in [-0.25, -0.2) is 0 Å². The number of aryl methyl sites for hydroxylation is 1. The van der Waals surface area contributed by atoms with Gasteiger partial charge in [0.15, 0.2) is 0 Å². The molecule has 1 aliphatic rings. The number of hydrogen-bond acceptors (Lipinski definition) is 2. The van der Waals surface area contributed by atoms with Gasteiger partial charge in [-0.3, -0.25) is 0 Å². The summed E-state index contributed by atoms with van der Waals surface area (Å²) in [7, 11) is 0. The standard InChI is InChI=1S/C14H22N2/c1-3-12-5-4-8-16(10-12)14-7-6-13(15)9-11(14)2/h6-7,9,12H,3-5,8,10,15H2,1-2H3. The fourth-order valence-corrected chi connectivity index (χ4v) is 2.65. The highest BCUT2D eigenvalue weighted by atomic mass is 15.1. The zero-order valence-corrected chi connectivity index (χ0v) is 10.4. The van der Waals surface area contributed by atoms with Gasteiger partial charge in [-0.15, -0.1) is 0 Å². The van der Waals surface area contributed by atoms with E-state index in [9.17, 15) is 0 Å². The van der Waals surface area contributed by atoms with E-state index in [4.69, 9.17) is 5.73 Å². The smallest absolute Gasteiger partial charge is 0.0397 e. The van der Waals surface area contributed by atoms with E-state index in [-0.39, 0.29) is 0 Å². The van der Waals surface area contributed by atoms with Crippen LogP contribution in [0.15, 0.2) is 18.2 Å². The van der Waals surface area contributed by atoms with Crippen molar-refractivity contribution in [2.45, 2.75) is 33.1 Å². The van der Waals surface area contributed by atoms with Gasteiger partial charge in [0.2, 0.25) is 0 Å². The molecule has 0 radical (unpaired) electrons. The SMILES string of the molecule is CCC1CCCN(c2ccc(N)cc2C)C1. The molecule has 0 aliphatic carbocycles. The lowest BCUT2D eigenvalue weighted by atomic mass is 9.95. The first-order chi connectivity index (χ1) is 7.70. The van der Waals surface area contributed by atoms with E-state index < -0.39 is 0 Å². The molecule has 1 aromatic rings. The summed E-state index contributed by atoms with van der Waals surface area (Å²) >= 11 is 0. The molecule has 1 heterocycles. The van der Waals surface area contributed by atoms with E-state index >= 15 is 0 Å². The maximum absolute atomic E-state index is 5.79. The third-order valence-corrected chi connectivity index (χ3v) is 3.66. The third-order valence-electron chi connectivity index (χ3n) is 3.66. The highest BCUT2D eigenvalue weighted by Crippen LogP contribution is 2.28. The Morgan fingerprint density at radius 3 is 2.94 bits per heavy atom. The number of nitrogens with two attached hydrogens (primary N) is 1. The molecule has 2 nitrogen and oxygen atoms in total. The van der Waals surface area contributed by atoms with E-state index in [1.165, 1.54) is 43.6 Å². The summed E-state index contributed by atoms with van der Waals surface area (Å²) in [5, 5.41) is 0. The van der Waals surface area contributed by atoms with Crippen molar-refractivity contribution in [3.8, 4) is 0 Å². The minimum absolute atomic E-state index is 0.866. The second kappa shape index (κ2) is 4.77. The Kier molecular flexibility index (Phi) is 3.37. The average Bonchev–Trinajstić information content (AvgIpc) is 2.29. The van der Waals surface area contributed by atoms with Gasteiger partial charge >= 0.3 is 0 Å². The van der Waals surface area contributed by atoms with Crippen molar-refractivity contribution in [2.24, 2.45) is 5.92 Å². The van der Waals surface area contributed by atoms with Gasteiger partial charge in [0, 0.05) is 24.5 Å². The molecule has 1 atom stereocenters. The van der Waals surface area contributed by atoms with Gasteiger partial charge in [0.1, 0.15) is 0 Å². The van der Waals surface area contributed by atoms with Crippen LogP contribution in [0.25, 0.3) is 0 Å². The molecule has 0 saturated carbocycles. The quantitative estimate of drug-likeness (QED) is 0.772. The van der Waals surface area contributed by atoms with E-state index in [0.717, 1.165) is 11.6 Å². The van der Waals surface area contributed by atoms with Crippen molar-refractivity contribution < 1.29 is 0 Å². The molecule has 1 aliphatic heterocycles. The number of nitrogen functional groups attached to an aromatic ring is 1. The number of anilines is 2. The lowest BCUT2D eigenvalue weighted by molar-refractivity contribution is 0.404. The fourth-order valence-electron chi connectivity index (χ4n) is 2.65. The molecule has 2 rings (SSSR count). The Balaban J connectivity index is 2.16. The topological polar surface area (TPSA) is 29.3 Å². The number of piperidine rings is 1. The van der Waals surface area contributed by atoms with E-state index in [1.54, 1.807) is 0 Å². The van der Waals surface area contributed by atoms with E-state index in [1.807, 2.05) is 6.07 Å². The molecule has 2 heteroatoms. The average molecular weight is 218 g/mol. The molecule has 1 aromatic carbocycles. The molecule has 1 fully saturated rings. The van der Waals surface area contributed by atoms with Crippen LogP contribution >= 0.6 is 0 Å². The second-order valence-electron chi connectivity index (χ2n) is 4.91. The van der Waals surface area contributed by atoms with Crippen molar-refractivity contribution >= 4 is 11.4 Å². The largest absolute Gasteiger partial charge is 0.399 e. The van der Waals surface area contributed by atoms with Gasteiger partial charge in [0.25, 0.3) is 0 Å². The molecule has 0 bridgehead atoms. The summed E-state index contributed by atoms with van der Waals surface area (Å²) in [6.07, 6.45) is 4.01. The zero-order valence-electron chi connectivity index (χ0n) is 10.4. The van der Waals surface area contributed by atoms with Crippen LogP contribution in [0.3, 0.4) is 0 Å². The first kappa shape index (κ1) is 11.3. The number of nitrogens with zero attached hydrogens (tertiary/aromatic N) is 1. The van der Waals surface area contributed by atoms with Crippen LogP contribution in [0.5, 0.6) is 0 Å². The summed E-state index contributed by atoms with van der Waals surface area (Å²) in [6, 6.07) is 6.26. The lowest BCUT2D eigenvalue weighted by Gasteiger charge is -2.35.